The number of hydrogen-bond donors (Lipinski definition) is 0. The highest BCUT2D eigenvalue weighted by Gasteiger charge is 2.55. The Morgan fingerprint density at radius 1 is 1.50 bits per heavy atom. The normalized spacial score (nSPS) is 26.6. The van der Waals surface area contributed by atoms with E-state index >= 15 is 0 Å². The van der Waals surface area contributed by atoms with Gasteiger partial charge in [-0.3, -0.25) is 14.5 Å². The molecule has 0 unspecified atom stereocenters. The zero-order chi connectivity index (χ0) is 8.77. The van der Waals surface area contributed by atoms with Gasteiger partial charge in [-0.15, -0.1) is 0 Å². The first-order valence-electron chi connectivity index (χ1n) is 4.12. The molecule has 2 heterocycles. The van der Waals surface area contributed by atoms with Gasteiger partial charge in [0.05, 0.1) is 13.2 Å². The Balaban J connectivity index is 2.23. The first-order chi connectivity index (χ1) is 5.69. The number of carbonyl (C=O) groups is 2. The van der Waals surface area contributed by atoms with Gasteiger partial charge in [0.2, 0.25) is 11.8 Å². The van der Waals surface area contributed by atoms with Crippen LogP contribution in [0.2, 0.25) is 0 Å². The molecule has 0 aliphatic carbocycles. The van der Waals surface area contributed by atoms with Crippen molar-refractivity contribution >= 4 is 11.8 Å². The number of ether oxygens (including phenoxy) is 1. The van der Waals surface area contributed by atoms with Crippen LogP contribution in [0, 0.1) is 5.41 Å². The van der Waals surface area contributed by atoms with Crippen LogP contribution < -0.4 is 0 Å². The smallest absolute Gasteiger partial charge is 0.240 e. The maximum atomic E-state index is 11.6. The van der Waals surface area contributed by atoms with E-state index in [0.29, 0.717) is 26.2 Å². The van der Waals surface area contributed by atoms with E-state index in [-0.39, 0.29) is 11.8 Å². The molecular weight excluding hydrogens is 158 g/mol. The number of rotatable bonds is 1. The van der Waals surface area contributed by atoms with Crippen molar-refractivity contribution in [1.29, 1.82) is 0 Å². The standard InChI is InChI=1S/C8H11NO3/c1-2-9-6(10)3-8(7(9)11)4-12-5-8/h2-5H2,1H3. The molecular formula is C8H11NO3. The molecule has 0 aromatic carbocycles. The van der Waals surface area contributed by atoms with Crippen LogP contribution in [0.15, 0.2) is 0 Å². The maximum absolute atomic E-state index is 11.6. The number of carbonyl (C=O) groups excluding carboxylic acids is 2. The molecule has 0 bridgehead atoms. The molecule has 2 aliphatic heterocycles. The lowest BCUT2D eigenvalue weighted by molar-refractivity contribution is -0.161. The second-order valence-electron chi connectivity index (χ2n) is 3.39. The Hall–Kier alpha value is -0.900. The number of amides is 2. The summed E-state index contributed by atoms with van der Waals surface area (Å²) in [4.78, 5) is 24.2. The molecule has 12 heavy (non-hydrogen) atoms. The van der Waals surface area contributed by atoms with Gasteiger partial charge in [-0.1, -0.05) is 0 Å². The van der Waals surface area contributed by atoms with Gasteiger partial charge >= 0.3 is 0 Å². The fraction of sp³-hybridized carbons (Fsp3) is 0.750. The van der Waals surface area contributed by atoms with Crippen LogP contribution in [0.25, 0.3) is 0 Å². The highest BCUT2D eigenvalue weighted by molar-refractivity contribution is 6.06. The molecule has 0 aromatic heterocycles. The van der Waals surface area contributed by atoms with Crippen molar-refractivity contribution in [2.45, 2.75) is 13.3 Å². The summed E-state index contributed by atoms with van der Waals surface area (Å²) in [6.45, 7) is 3.15. The molecule has 0 N–H and O–H groups in total. The van der Waals surface area contributed by atoms with Crippen molar-refractivity contribution in [3.05, 3.63) is 0 Å². The van der Waals surface area contributed by atoms with Crippen molar-refractivity contribution in [2.24, 2.45) is 5.41 Å². The third-order valence-electron chi connectivity index (χ3n) is 2.56. The van der Waals surface area contributed by atoms with E-state index in [1.165, 1.54) is 4.90 Å². The molecule has 4 nitrogen and oxygen atoms in total. The molecule has 0 aromatic rings. The lowest BCUT2D eigenvalue weighted by Crippen LogP contribution is -2.48. The summed E-state index contributed by atoms with van der Waals surface area (Å²) in [5, 5.41) is 0. The van der Waals surface area contributed by atoms with E-state index in [1.807, 2.05) is 6.92 Å². The van der Waals surface area contributed by atoms with Crippen molar-refractivity contribution in [3.8, 4) is 0 Å². The number of likely N-dealkylation sites (tertiary alicyclic amines) is 1. The monoisotopic (exact) mass is 169 g/mol. The lowest BCUT2D eigenvalue weighted by atomic mass is 9.84. The predicted octanol–water partition coefficient (Wildman–Crippen LogP) is -0.218. The largest absolute Gasteiger partial charge is 0.379 e. The van der Waals surface area contributed by atoms with Crippen molar-refractivity contribution in [1.82, 2.24) is 4.90 Å². The topological polar surface area (TPSA) is 46.6 Å². The van der Waals surface area contributed by atoms with Gasteiger partial charge in [-0.25, -0.2) is 0 Å². The Morgan fingerprint density at radius 2 is 2.17 bits per heavy atom. The summed E-state index contributed by atoms with van der Waals surface area (Å²) in [7, 11) is 0. The van der Waals surface area contributed by atoms with E-state index in [4.69, 9.17) is 4.74 Å². The fourth-order valence-electron chi connectivity index (χ4n) is 1.75. The molecule has 2 aliphatic rings. The molecule has 66 valence electrons. The minimum absolute atomic E-state index is 0.0405. The van der Waals surface area contributed by atoms with Crippen LogP contribution >= 0.6 is 0 Å². The number of nitrogens with zero attached hydrogens (tertiary/aromatic N) is 1. The third-order valence-corrected chi connectivity index (χ3v) is 2.56. The van der Waals surface area contributed by atoms with Crippen molar-refractivity contribution in [2.75, 3.05) is 19.8 Å². The van der Waals surface area contributed by atoms with E-state index in [2.05, 4.69) is 0 Å². The van der Waals surface area contributed by atoms with Gasteiger partial charge in [0.25, 0.3) is 0 Å². The van der Waals surface area contributed by atoms with E-state index in [1.54, 1.807) is 0 Å². The summed E-state index contributed by atoms with van der Waals surface area (Å²) in [5.41, 5.74) is -0.465. The molecule has 1 spiro atoms. The van der Waals surface area contributed by atoms with Crippen LogP contribution in [0.3, 0.4) is 0 Å². The quantitative estimate of drug-likeness (QED) is 0.510. The molecule has 0 saturated carbocycles. The SMILES string of the molecule is CCN1C(=O)CC2(COC2)C1=O. The molecule has 2 saturated heterocycles. The third kappa shape index (κ3) is 0.756. The Morgan fingerprint density at radius 3 is 2.42 bits per heavy atom. The second-order valence-corrected chi connectivity index (χ2v) is 3.39. The zero-order valence-electron chi connectivity index (χ0n) is 7.00. The zero-order valence-corrected chi connectivity index (χ0v) is 7.00. The predicted molar refractivity (Wildman–Crippen MR) is 40.3 cm³/mol. The lowest BCUT2D eigenvalue weighted by Gasteiger charge is -2.34. The van der Waals surface area contributed by atoms with Crippen molar-refractivity contribution < 1.29 is 14.3 Å². The first kappa shape index (κ1) is 7.73. The highest BCUT2D eigenvalue weighted by atomic mass is 16.5. The van der Waals surface area contributed by atoms with Gasteiger partial charge in [-0.05, 0) is 6.92 Å². The van der Waals surface area contributed by atoms with Gasteiger partial charge < -0.3 is 4.74 Å². The average molecular weight is 169 g/mol. The van der Waals surface area contributed by atoms with Gasteiger partial charge in [0, 0.05) is 13.0 Å². The van der Waals surface area contributed by atoms with Gasteiger partial charge in [0.1, 0.15) is 5.41 Å². The van der Waals surface area contributed by atoms with E-state index < -0.39 is 5.41 Å². The van der Waals surface area contributed by atoms with Crippen LogP contribution in [-0.4, -0.2) is 36.5 Å². The van der Waals surface area contributed by atoms with Crippen LogP contribution in [0.1, 0.15) is 13.3 Å². The van der Waals surface area contributed by atoms with Crippen LogP contribution in [0.5, 0.6) is 0 Å². The van der Waals surface area contributed by atoms with Crippen LogP contribution in [0.4, 0.5) is 0 Å². The Kier molecular flexibility index (Phi) is 1.48. The minimum atomic E-state index is -0.465. The molecule has 4 heteroatoms. The van der Waals surface area contributed by atoms with E-state index in [9.17, 15) is 9.59 Å². The summed E-state index contributed by atoms with van der Waals surface area (Å²) in [6, 6.07) is 0. The Bertz CT molecular complexity index is 245. The average Bonchev–Trinajstić information content (AvgIpc) is 2.22. The molecule has 2 amide bonds. The molecule has 0 atom stereocenters. The fourth-order valence-corrected chi connectivity index (χ4v) is 1.75. The maximum Gasteiger partial charge on any atom is 0.240 e. The minimum Gasteiger partial charge on any atom is -0.379 e. The molecule has 2 fully saturated rings. The molecule has 2 rings (SSSR count). The van der Waals surface area contributed by atoms with Crippen LogP contribution in [-0.2, 0) is 14.3 Å². The summed E-state index contributed by atoms with van der Waals surface area (Å²) < 4.78 is 4.97. The van der Waals surface area contributed by atoms with Gasteiger partial charge in [-0.2, -0.15) is 0 Å². The summed E-state index contributed by atoms with van der Waals surface area (Å²) in [6.07, 6.45) is 0.347. The molecule has 0 radical (unpaired) electrons. The van der Waals surface area contributed by atoms with E-state index in [0.717, 1.165) is 0 Å². The summed E-state index contributed by atoms with van der Waals surface area (Å²) >= 11 is 0. The second kappa shape index (κ2) is 2.29. The number of imide groups is 1. The summed E-state index contributed by atoms with van der Waals surface area (Å²) in [5.74, 6) is -0.0907. The highest BCUT2D eigenvalue weighted by Crippen LogP contribution is 2.39. The first-order valence-corrected chi connectivity index (χ1v) is 4.12. The number of hydrogen-bond acceptors (Lipinski definition) is 3. The van der Waals surface area contributed by atoms with Gasteiger partial charge in [0.15, 0.2) is 0 Å². The Labute approximate surface area is 70.5 Å². The van der Waals surface area contributed by atoms with Crippen molar-refractivity contribution in [3.63, 3.8) is 0 Å².